The number of carbonyl (C=O) groups excluding carboxylic acids is 1. The highest BCUT2D eigenvalue weighted by molar-refractivity contribution is 5.83. The van der Waals surface area contributed by atoms with Crippen LogP contribution in [0.3, 0.4) is 0 Å². The summed E-state index contributed by atoms with van der Waals surface area (Å²) in [5.74, 6) is -1.13. The van der Waals surface area contributed by atoms with E-state index in [0.29, 0.717) is 12.8 Å². The molecule has 0 fully saturated rings. The van der Waals surface area contributed by atoms with Crippen LogP contribution in [0.15, 0.2) is 24.3 Å². The zero-order chi connectivity index (χ0) is 15.1. The van der Waals surface area contributed by atoms with E-state index in [0.717, 1.165) is 12.0 Å². The summed E-state index contributed by atoms with van der Waals surface area (Å²) in [6.07, 6.45) is 1.68. The van der Waals surface area contributed by atoms with Crippen LogP contribution in [-0.4, -0.2) is 23.0 Å². The van der Waals surface area contributed by atoms with Crippen LogP contribution < -0.4 is 5.32 Å². The monoisotopic (exact) mass is 277 g/mol. The van der Waals surface area contributed by atoms with Crippen LogP contribution in [0, 0.1) is 0 Å². The van der Waals surface area contributed by atoms with Crippen LogP contribution in [-0.2, 0) is 16.0 Å². The predicted molar refractivity (Wildman–Crippen MR) is 78.7 cm³/mol. The van der Waals surface area contributed by atoms with Crippen LogP contribution in [0.2, 0.25) is 0 Å². The molecule has 4 nitrogen and oxygen atoms in total. The standard InChI is InChI=1S/C16H23NO3/c1-4-12-6-8-13(9-7-12)11(3)10-15(18)17-14(5-2)16(19)20/h6-9,11,14H,4-5,10H2,1-3H3,(H,17,18)(H,19,20). The van der Waals surface area contributed by atoms with Crippen molar-refractivity contribution in [1.29, 1.82) is 0 Å². The van der Waals surface area contributed by atoms with Crippen molar-refractivity contribution in [3.8, 4) is 0 Å². The van der Waals surface area contributed by atoms with E-state index in [9.17, 15) is 9.59 Å². The minimum absolute atomic E-state index is 0.0761. The van der Waals surface area contributed by atoms with Gasteiger partial charge in [0.15, 0.2) is 0 Å². The zero-order valence-corrected chi connectivity index (χ0v) is 12.3. The summed E-state index contributed by atoms with van der Waals surface area (Å²) in [5, 5.41) is 11.5. The van der Waals surface area contributed by atoms with Gasteiger partial charge < -0.3 is 10.4 Å². The molecular formula is C16H23NO3. The summed E-state index contributed by atoms with van der Waals surface area (Å²) in [6.45, 7) is 5.82. The molecule has 1 aromatic carbocycles. The lowest BCUT2D eigenvalue weighted by Crippen LogP contribution is -2.40. The molecule has 0 saturated carbocycles. The number of amides is 1. The maximum Gasteiger partial charge on any atom is 0.326 e. The topological polar surface area (TPSA) is 66.4 Å². The molecule has 1 rings (SSSR count). The van der Waals surface area contributed by atoms with Crippen LogP contribution in [0.25, 0.3) is 0 Å². The number of nitrogens with one attached hydrogen (secondary N) is 1. The Bertz CT molecular complexity index is 453. The van der Waals surface area contributed by atoms with Gasteiger partial charge >= 0.3 is 5.97 Å². The third-order valence-corrected chi connectivity index (χ3v) is 3.49. The third-order valence-electron chi connectivity index (χ3n) is 3.49. The molecule has 0 aromatic heterocycles. The SMILES string of the molecule is CCc1ccc(C(C)CC(=O)NC(CC)C(=O)O)cc1. The number of rotatable bonds is 7. The summed E-state index contributed by atoms with van der Waals surface area (Å²) in [6, 6.07) is 7.40. The highest BCUT2D eigenvalue weighted by Crippen LogP contribution is 2.19. The molecular weight excluding hydrogens is 254 g/mol. The molecule has 0 spiro atoms. The normalized spacial score (nSPS) is 13.6. The van der Waals surface area contributed by atoms with Gasteiger partial charge in [-0.1, -0.05) is 45.0 Å². The van der Waals surface area contributed by atoms with Gasteiger partial charge in [-0.15, -0.1) is 0 Å². The number of aliphatic carboxylic acids is 1. The van der Waals surface area contributed by atoms with E-state index in [1.54, 1.807) is 6.92 Å². The van der Waals surface area contributed by atoms with Gasteiger partial charge in [0.1, 0.15) is 6.04 Å². The molecule has 0 aliphatic rings. The molecule has 110 valence electrons. The van der Waals surface area contributed by atoms with Gasteiger partial charge in [0.2, 0.25) is 5.91 Å². The first-order valence-corrected chi connectivity index (χ1v) is 7.08. The molecule has 2 atom stereocenters. The van der Waals surface area contributed by atoms with Crippen LogP contribution in [0.5, 0.6) is 0 Å². The third kappa shape index (κ3) is 4.68. The van der Waals surface area contributed by atoms with Crippen molar-refractivity contribution in [2.45, 2.75) is 52.0 Å². The molecule has 20 heavy (non-hydrogen) atoms. The number of hydrogen-bond donors (Lipinski definition) is 2. The fraction of sp³-hybridized carbons (Fsp3) is 0.500. The van der Waals surface area contributed by atoms with E-state index in [-0.39, 0.29) is 11.8 Å². The molecule has 0 saturated heterocycles. The molecule has 4 heteroatoms. The molecule has 0 heterocycles. The van der Waals surface area contributed by atoms with E-state index >= 15 is 0 Å². The molecule has 1 aromatic rings. The van der Waals surface area contributed by atoms with Gasteiger partial charge in [-0.25, -0.2) is 4.79 Å². The summed E-state index contributed by atoms with van der Waals surface area (Å²) >= 11 is 0. The molecule has 0 aliphatic heterocycles. The van der Waals surface area contributed by atoms with Gasteiger partial charge in [-0.2, -0.15) is 0 Å². The average molecular weight is 277 g/mol. The number of carboxylic acid groups (broad SMARTS) is 1. The molecule has 1 amide bonds. The van der Waals surface area contributed by atoms with Gasteiger partial charge in [0, 0.05) is 6.42 Å². The molecule has 2 N–H and O–H groups in total. The van der Waals surface area contributed by atoms with Gasteiger partial charge in [0.25, 0.3) is 0 Å². The van der Waals surface area contributed by atoms with E-state index in [4.69, 9.17) is 5.11 Å². The maximum atomic E-state index is 11.8. The Balaban J connectivity index is 2.58. The van der Waals surface area contributed by atoms with Crippen LogP contribution in [0.4, 0.5) is 0 Å². The number of benzene rings is 1. The Morgan fingerprint density at radius 2 is 1.80 bits per heavy atom. The maximum absolute atomic E-state index is 11.8. The second kappa shape index (κ2) is 7.68. The van der Waals surface area contributed by atoms with Crippen molar-refractivity contribution in [1.82, 2.24) is 5.32 Å². The Morgan fingerprint density at radius 1 is 1.20 bits per heavy atom. The lowest BCUT2D eigenvalue weighted by molar-refractivity contribution is -0.141. The lowest BCUT2D eigenvalue weighted by Gasteiger charge is -2.15. The second-order valence-corrected chi connectivity index (χ2v) is 5.07. The summed E-state index contributed by atoms with van der Waals surface area (Å²) in [4.78, 5) is 22.7. The van der Waals surface area contributed by atoms with Crippen LogP contribution >= 0.6 is 0 Å². The minimum Gasteiger partial charge on any atom is -0.480 e. The number of carbonyl (C=O) groups is 2. The van der Waals surface area contributed by atoms with Crippen molar-refractivity contribution < 1.29 is 14.7 Å². The van der Waals surface area contributed by atoms with Crippen molar-refractivity contribution in [2.75, 3.05) is 0 Å². The fourth-order valence-corrected chi connectivity index (χ4v) is 2.07. The first kappa shape index (κ1) is 16.2. The highest BCUT2D eigenvalue weighted by atomic mass is 16.4. The largest absolute Gasteiger partial charge is 0.480 e. The molecule has 2 unspecified atom stereocenters. The molecule has 0 radical (unpaired) electrons. The van der Waals surface area contributed by atoms with E-state index in [1.165, 1.54) is 5.56 Å². The van der Waals surface area contributed by atoms with Gasteiger partial charge in [0.05, 0.1) is 0 Å². The summed E-state index contributed by atoms with van der Waals surface area (Å²) < 4.78 is 0. The van der Waals surface area contributed by atoms with Crippen molar-refractivity contribution >= 4 is 11.9 Å². The Kier molecular flexibility index (Phi) is 6.22. The van der Waals surface area contributed by atoms with E-state index < -0.39 is 12.0 Å². The summed E-state index contributed by atoms with van der Waals surface area (Å²) in [7, 11) is 0. The van der Waals surface area contributed by atoms with E-state index in [1.807, 2.05) is 19.1 Å². The summed E-state index contributed by atoms with van der Waals surface area (Å²) in [5.41, 5.74) is 2.36. The average Bonchev–Trinajstić information content (AvgIpc) is 2.44. The first-order chi connectivity index (χ1) is 9.47. The van der Waals surface area contributed by atoms with Crippen molar-refractivity contribution in [3.05, 3.63) is 35.4 Å². The van der Waals surface area contributed by atoms with Crippen LogP contribution in [0.1, 0.15) is 50.7 Å². The molecule has 0 bridgehead atoms. The Hall–Kier alpha value is -1.84. The van der Waals surface area contributed by atoms with Crippen molar-refractivity contribution in [3.63, 3.8) is 0 Å². The number of carboxylic acids is 1. The quantitative estimate of drug-likeness (QED) is 0.805. The van der Waals surface area contributed by atoms with Gasteiger partial charge in [-0.05, 0) is 29.9 Å². The predicted octanol–water partition coefficient (Wildman–Crippen LogP) is 2.72. The number of hydrogen-bond acceptors (Lipinski definition) is 2. The first-order valence-electron chi connectivity index (χ1n) is 7.08. The van der Waals surface area contributed by atoms with Gasteiger partial charge in [-0.3, -0.25) is 4.79 Å². The Morgan fingerprint density at radius 3 is 2.25 bits per heavy atom. The van der Waals surface area contributed by atoms with Crippen molar-refractivity contribution in [2.24, 2.45) is 0 Å². The highest BCUT2D eigenvalue weighted by Gasteiger charge is 2.19. The zero-order valence-electron chi connectivity index (χ0n) is 12.3. The second-order valence-electron chi connectivity index (χ2n) is 5.07. The van der Waals surface area contributed by atoms with E-state index in [2.05, 4.69) is 24.4 Å². The minimum atomic E-state index is -0.985. The fourth-order valence-electron chi connectivity index (χ4n) is 2.07. The lowest BCUT2D eigenvalue weighted by atomic mass is 9.96. The smallest absolute Gasteiger partial charge is 0.326 e. The number of aryl methyl sites for hydroxylation is 1. The Labute approximate surface area is 120 Å². The molecule has 0 aliphatic carbocycles.